The van der Waals surface area contributed by atoms with Crippen LogP contribution in [0.25, 0.3) is 10.9 Å². The van der Waals surface area contributed by atoms with Crippen LogP contribution in [0.5, 0.6) is 0 Å². The molecule has 3 aromatic rings. The minimum Gasteiger partial charge on any atom is -0.450 e. The SMILES string of the molecule is O=C1OC2(CCN(C(=O)c3cn(CC(=O)N4CCOCC4)c4cc(Cl)ccc34)CC2)c2ccc(F)cc21. The van der Waals surface area contributed by atoms with E-state index in [0.29, 0.717) is 73.9 Å². The van der Waals surface area contributed by atoms with Gasteiger partial charge in [0.1, 0.15) is 18.0 Å². The molecular formula is C27H25ClFN3O5. The van der Waals surface area contributed by atoms with Crippen molar-refractivity contribution in [2.24, 2.45) is 0 Å². The highest BCUT2D eigenvalue weighted by Crippen LogP contribution is 2.44. The topological polar surface area (TPSA) is 81.1 Å². The number of fused-ring (bicyclic) bond motifs is 3. The minimum atomic E-state index is -0.844. The highest BCUT2D eigenvalue weighted by molar-refractivity contribution is 6.31. The molecule has 37 heavy (non-hydrogen) atoms. The van der Waals surface area contributed by atoms with Crippen molar-refractivity contribution in [2.75, 3.05) is 39.4 Å². The summed E-state index contributed by atoms with van der Waals surface area (Å²) in [4.78, 5) is 42.5. The Balaban J connectivity index is 1.24. The number of carbonyl (C=O) groups is 3. The molecule has 1 spiro atoms. The second kappa shape index (κ2) is 9.15. The average molecular weight is 526 g/mol. The van der Waals surface area contributed by atoms with Crippen LogP contribution in [0.15, 0.2) is 42.6 Å². The second-order valence-electron chi connectivity index (χ2n) is 9.69. The highest BCUT2D eigenvalue weighted by Gasteiger charge is 2.48. The first-order valence-electron chi connectivity index (χ1n) is 12.3. The van der Waals surface area contributed by atoms with Crippen LogP contribution in [-0.2, 0) is 26.4 Å². The number of carbonyl (C=O) groups excluding carboxylic acids is 3. The lowest BCUT2D eigenvalue weighted by Crippen LogP contribution is -2.45. The van der Waals surface area contributed by atoms with Gasteiger partial charge in [0, 0.05) is 61.2 Å². The number of piperidine rings is 1. The largest absolute Gasteiger partial charge is 0.450 e. The van der Waals surface area contributed by atoms with Gasteiger partial charge in [-0.2, -0.15) is 0 Å². The number of hydrogen-bond donors (Lipinski definition) is 0. The first-order valence-corrected chi connectivity index (χ1v) is 12.7. The van der Waals surface area contributed by atoms with Crippen LogP contribution < -0.4 is 0 Å². The van der Waals surface area contributed by atoms with E-state index in [9.17, 15) is 18.8 Å². The third-order valence-corrected chi connectivity index (χ3v) is 7.82. The first kappa shape index (κ1) is 23.9. The molecule has 10 heteroatoms. The van der Waals surface area contributed by atoms with E-state index in [1.807, 2.05) is 0 Å². The monoisotopic (exact) mass is 525 g/mol. The molecule has 4 heterocycles. The number of hydrogen-bond acceptors (Lipinski definition) is 5. The maximum Gasteiger partial charge on any atom is 0.339 e. The van der Waals surface area contributed by atoms with Crippen molar-refractivity contribution in [1.29, 1.82) is 0 Å². The number of aromatic nitrogens is 1. The molecule has 0 N–H and O–H groups in total. The summed E-state index contributed by atoms with van der Waals surface area (Å²) in [7, 11) is 0. The lowest BCUT2D eigenvalue weighted by Gasteiger charge is -2.38. The Bertz CT molecular complexity index is 1420. The van der Waals surface area contributed by atoms with Crippen LogP contribution >= 0.6 is 11.6 Å². The van der Waals surface area contributed by atoms with Crippen molar-refractivity contribution in [3.8, 4) is 0 Å². The summed E-state index contributed by atoms with van der Waals surface area (Å²) in [5.74, 6) is -1.22. The molecule has 2 saturated heterocycles. The maximum atomic E-state index is 13.7. The smallest absolute Gasteiger partial charge is 0.339 e. The summed E-state index contributed by atoms with van der Waals surface area (Å²) >= 11 is 6.26. The minimum absolute atomic E-state index is 0.0442. The molecule has 2 amide bonds. The van der Waals surface area contributed by atoms with Gasteiger partial charge in [0.2, 0.25) is 5.91 Å². The predicted octanol–water partition coefficient (Wildman–Crippen LogP) is 3.59. The highest BCUT2D eigenvalue weighted by atomic mass is 35.5. The van der Waals surface area contributed by atoms with E-state index in [4.69, 9.17) is 21.1 Å². The molecule has 2 fully saturated rings. The van der Waals surface area contributed by atoms with Gasteiger partial charge in [-0.3, -0.25) is 9.59 Å². The molecule has 0 aliphatic carbocycles. The number of esters is 1. The fourth-order valence-electron chi connectivity index (χ4n) is 5.61. The Hall–Kier alpha value is -3.43. The fourth-order valence-corrected chi connectivity index (χ4v) is 5.77. The molecule has 0 unspecified atom stereocenters. The van der Waals surface area contributed by atoms with E-state index >= 15 is 0 Å². The number of morpholine rings is 1. The van der Waals surface area contributed by atoms with Crippen LogP contribution in [0, 0.1) is 5.82 Å². The lowest BCUT2D eigenvalue weighted by molar-refractivity contribution is -0.135. The molecule has 192 valence electrons. The Morgan fingerprint density at radius 3 is 2.51 bits per heavy atom. The number of ether oxygens (including phenoxy) is 2. The third kappa shape index (κ3) is 4.16. The zero-order valence-electron chi connectivity index (χ0n) is 20.0. The number of rotatable bonds is 3. The number of nitrogens with zero attached hydrogens (tertiary/aromatic N) is 3. The van der Waals surface area contributed by atoms with Crippen LogP contribution in [-0.4, -0.2) is 71.5 Å². The van der Waals surface area contributed by atoms with Gasteiger partial charge >= 0.3 is 5.97 Å². The van der Waals surface area contributed by atoms with Crippen molar-refractivity contribution < 1.29 is 28.2 Å². The number of likely N-dealkylation sites (tertiary alicyclic amines) is 1. The Morgan fingerprint density at radius 1 is 1.00 bits per heavy atom. The fraction of sp³-hybridized carbons (Fsp3) is 0.370. The van der Waals surface area contributed by atoms with Gasteiger partial charge in [-0.25, -0.2) is 9.18 Å². The van der Waals surface area contributed by atoms with Crippen LogP contribution in [0.1, 0.15) is 39.1 Å². The molecule has 0 saturated carbocycles. The van der Waals surface area contributed by atoms with E-state index in [1.54, 1.807) is 44.8 Å². The van der Waals surface area contributed by atoms with Gasteiger partial charge in [0.15, 0.2) is 0 Å². The summed E-state index contributed by atoms with van der Waals surface area (Å²) in [6.07, 6.45) is 2.56. The van der Waals surface area contributed by atoms with Gasteiger partial charge in [-0.05, 0) is 24.3 Å². The Kier molecular flexibility index (Phi) is 5.92. The standard InChI is InChI=1S/C27H25ClFN3O5/c28-17-1-3-19-21(15-32(23(19)13-17)16-24(33)30-9-11-36-12-10-30)25(34)31-7-5-27(6-8-31)22-4-2-18(29)14-20(22)26(35)37-27/h1-4,13-15H,5-12,16H2. The van der Waals surface area contributed by atoms with Crippen LogP contribution in [0.4, 0.5) is 4.39 Å². The van der Waals surface area contributed by atoms with Crippen LogP contribution in [0.3, 0.4) is 0 Å². The quantitative estimate of drug-likeness (QED) is 0.488. The number of halogens is 2. The Morgan fingerprint density at radius 2 is 1.76 bits per heavy atom. The zero-order chi connectivity index (χ0) is 25.7. The molecule has 2 aromatic carbocycles. The molecule has 8 nitrogen and oxygen atoms in total. The van der Waals surface area contributed by atoms with Gasteiger partial charge in [0.05, 0.1) is 29.9 Å². The molecule has 0 bridgehead atoms. The van der Waals surface area contributed by atoms with E-state index in [-0.39, 0.29) is 23.9 Å². The van der Waals surface area contributed by atoms with E-state index in [0.717, 1.165) is 5.39 Å². The molecule has 0 radical (unpaired) electrons. The lowest BCUT2D eigenvalue weighted by atomic mass is 9.83. The molecule has 3 aliphatic rings. The Labute approximate surface area is 217 Å². The van der Waals surface area contributed by atoms with Crippen LogP contribution in [0.2, 0.25) is 5.02 Å². The van der Waals surface area contributed by atoms with Crippen molar-refractivity contribution in [1.82, 2.24) is 14.4 Å². The summed E-state index contributed by atoms with van der Waals surface area (Å²) < 4.78 is 26.5. The maximum absolute atomic E-state index is 13.7. The summed E-state index contributed by atoms with van der Waals surface area (Å²) in [6, 6.07) is 9.44. The first-order chi connectivity index (χ1) is 17.8. The second-order valence-corrected chi connectivity index (χ2v) is 10.1. The molecule has 6 rings (SSSR count). The van der Waals surface area contributed by atoms with Crippen molar-refractivity contribution in [2.45, 2.75) is 25.0 Å². The van der Waals surface area contributed by atoms with Gasteiger partial charge in [0.25, 0.3) is 5.91 Å². The molecule has 1 aromatic heterocycles. The average Bonchev–Trinajstić information content (AvgIpc) is 3.38. The van der Waals surface area contributed by atoms with Crippen molar-refractivity contribution in [3.05, 3.63) is 70.1 Å². The predicted molar refractivity (Wildman–Crippen MR) is 133 cm³/mol. The van der Waals surface area contributed by atoms with Gasteiger partial charge in [-0.1, -0.05) is 23.7 Å². The van der Waals surface area contributed by atoms with E-state index < -0.39 is 17.4 Å². The zero-order valence-corrected chi connectivity index (χ0v) is 20.8. The number of amides is 2. The van der Waals surface area contributed by atoms with Gasteiger partial charge in [-0.15, -0.1) is 0 Å². The summed E-state index contributed by atoms with van der Waals surface area (Å²) in [5, 5.41) is 1.24. The normalized spacial score (nSPS) is 18.8. The van der Waals surface area contributed by atoms with E-state index in [1.165, 1.54) is 12.1 Å². The summed E-state index contributed by atoms with van der Waals surface area (Å²) in [6.45, 7) is 2.95. The molecule has 0 atom stereocenters. The van der Waals surface area contributed by atoms with Crippen molar-refractivity contribution >= 4 is 40.3 Å². The molecule has 3 aliphatic heterocycles. The summed E-state index contributed by atoms with van der Waals surface area (Å²) in [5.41, 5.74) is 1.29. The van der Waals surface area contributed by atoms with Crippen molar-refractivity contribution in [3.63, 3.8) is 0 Å². The number of benzene rings is 2. The molecular weight excluding hydrogens is 501 g/mol. The van der Waals surface area contributed by atoms with Gasteiger partial charge < -0.3 is 23.8 Å². The third-order valence-electron chi connectivity index (χ3n) is 7.58. The van der Waals surface area contributed by atoms with E-state index in [2.05, 4.69) is 0 Å².